The molecule has 0 amide bonds. The number of pyridine rings is 1. The average molecular weight is 348 g/mol. The van der Waals surface area contributed by atoms with Crippen molar-refractivity contribution in [3.63, 3.8) is 0 Å². The Balaban J connectivity index is 2.15. The molecule has 130 valence electrons. The summed E-state index contributed by atoms with van der Waals surface area (Å²) in [4.78, 5) is 6.64. The minimum absolute atomic E-state index is 0.0243. The smallest absolute Gasteiger partial charge is 0.238 e. The van der Waals surface area contributed by atoms with Gasteiger partial charge in [-0.2, -0.15) is 0 Å². The number of hydrogen-bond donors (Lipinski definition) is 2. The Morgan fingerprint density at radius 3 is 2.71 bits per heavy atom. The monoisotopic (exact) mass is 348 g/mol. The van der Waals surface area contributed by atoms with Gasteiger partial charge in [0.05, 0.1) is 10.6 Å². The predicted molar refractivity (Wildman–Crippen MR) is 96.1 cm³/mol. The highest BCUT2D eigenvalue weighted by Gasteiger charge is 2.15. The van der Waals surface area contributed by atoms with Gasteiger partial charge in [0.25, 0.3) is 0 Å². The summed E-state index contributed by atoms with van der Waals surface area (Å²) in [5.41, 5.74) is 2.89. The third-order valence-electron chi connectivity index (χ3n) is 3.94. The number of nitrogens with zero attached hydrogens (tertiary/aromatic N) is 2. The van der Waals surface area contributed by atoms with Gasteiger partial charge in [-0.1, -0.05) is 12.1 Å². The molecule has 0 radical (unpaired) electrons. The molecule has 0 aliphatic rings. The summed E-state index contributed by atoms with van der Waals surface area (Å²) >= 11 is 0. The summed E-state index contributed by atoms with van der Waals surface area (Å²) in [6.45, 7) is 5.58. The highest BCUT2D eigenvalue weighted by molar-refractivity contribution is 7.89. The molecule has 7 heteroatoms. The number of nitrogens with two attached hydrogens (primary N) is 1. The lowest BCUT2D eigenvalue weighted by Crippen LogP contribution is -2.23. The van der Waals surface area contributed by atoms with Gasteiger partial charge >= 0.3 is 0 Å². The third-order valence-corrected chi connectivity index (χ3v) is 4.85. The molecule has 0 spiro atoms. The first-order chi connectivity index (χ1) is 11.3. The zero-order chi connectivity index (χ0) is 17.7. The standard InChI is InChI=1S/C17H24N4O2S/c1-4-19-15-8-9-20-16(11-15)12-21(3)13(2)14-6-5-7-17(10-14)24(18,22)23/h5-11,13H,4,12H2,1-3H3,(H,19,20)(H2,18,22,23). The first-order valence-electron chi connectivity index (χ1n) is 7.83. The lowest BCUT2D eigenvalue weighted by atomic mass is 10.1. The first-order valence-corrected chi connectivity index (χ1v) is 9.37. The number of nitrogens with one attached hydrogen (secondary N) is 1. The number of sulfonamides is 1. The van der Waals surface area contributed by atoms with E-state index in [4.69, 9.17) is 5.14 Å². The molecule has 24 heavy (non-hydrogen) atoms. The summed E-state index contributed by atoms with van der Waals surface area (Å²) in [6.07, 6.45) is 1.79. The second-order valence-electron chi connectivity index (χ2n) is 5.77. The molecule has 1 aromatic heterocycles. The van der Waals surface area contributed by atoms with E-state index < -0.39 is 10.0 Å². The van der Waals surface area contributed by atoms with Crippen LogP contribution < -0.4 is 10.5 Å². The third kappa shape index (κ3) is 4.77. The molecule has 1 heterocycles. The van der Waals surface area contributed by atoms with Gasteiger partial charge in [0.1, 0.15) is 0 Å². The van der Waals surface area contributed by atoms with Crippen LogP contribution in [0.4, 0.5) is 5.69 Å². The topological polar surface area (TPSA) is 88.3 Å². The Morgan fingerprint density at radius 1 is 1.29 bits per heavy atom. The SMILES string of the molecule is CCNc1ccnc(CN(C)C(C)c2cccc(S(N)(=O)=O)c2)c1. The summed E-state index contributed by atoms with van der Waals surface area (Å²) in [5, 5.41) is 8.48. The maximum absolute atomic E-state index is 11.5. The first kappa shape index (κ1) is 18.4. The van der Waals surface area contributed by atoms with Crippen molar-refractivity contribution in [3.8, 4) is 0 Å². The number of hydrogen-bond acceptors (Lipinski definition) is 5. The van der Waals surface area contributed by atoms with E-state index in [2.05, 4.69) is 15.2 Å². The second-order valence-corrected chi connectivity index (χ2v) is 7.34. The van der Waals surface area contributed by atoms with E-state index in [-0.39, 0.29) is 10.9 Å². The molecule has 0 fully saturated rings. The van der Waals surface area contributed by atoms with Crippen LogP contribution in [0, 0.1) is 0 Å². The largest absolute Gasteiger partial charge is 0.385 e. The summed E-state index contributed by atoms with van der Waals surface area (Å²) < 4.78 is 23.0. The molecular formula is C17H24N4O2S. The van der Waals surface area contributed by atoms with Gasteiger partial charge in [-0.25, -0.2) is 13.6 Å². The zero-order valence-corrected chi connectivity index (χ0v) is 15.0. The van der Waals surface area contributed by atoms with Crippen LogP contribution in [0.5, 0.6) is 0 Å². The normalized spacial score (nSPS) is 13.0. The molecule has 3 N–H and O–H groups in total. The van der Waals surface area contributed by atoms with E-state index in [1.165, 1.54) is 6.07 Å². The second kappa shape index (κ2) is 7.74. The Hall–Kier alpha value is -1.96. The fourth-order valence-corrected chi connectivity index (χ4v) is 3.05. The molecule has 1 aromatic carbocycles. The van der Waals surface area contributed by atoms with Gasteiger partial charge < -0.3 is 5.32 Å². The van der Waals surface area contributed by atoms with Crippen LogP contribution in [0.3, 0.4) is 0 Å². The minimum Gasteiger partial charge on any atom is -0.385 e. The van der Waals surface area contributed by atoms with Crippen LogP contribution in [0.15, 0.2) is 47.5 Å². The minimum atomic E-state index is -3.69. The number of primary sulfonamides is 1. The lowest BCUT2D eigenvalue weighted by Gasteiger charge is -2.25. The predicted octanol–water partition coefficient (Wildman–Crippen LogP) is 2.35. The van der Waals surface area contributed by atoms with Crippen molar-refractivity contribution < 1.29 is 8.42 Å². The van der Waals surface area contributed by atoms with Crippen molar-refractivity contribution in [3.05, 3.63) is 53.9 Å². The van der Waals surface area contributed by atoms with Crippen molar-refractivity contribution >= 4 is 15.7 Å². The van der Waals surface area contributed by atoms with Gasteiger partial charge in [-0.3, -0.25) is 9.88 Å². The molecule has 6 nitrogen and oxygen atoms in total. The van der Waals surface area contributed by atoms with Gasteiger partial charge in [0.2, 0.25) is 10.0 Å². The van der Waals surface area contributed by atoms with Crippen LogP contribution in [0.25, 0.3) is 0 Å². The number of anilines is 1. The number of rotatable bonds is 7. The highest BCUT2D eigenvalue weighted by Crippen LogP contribution is 2.23. The Morgan fingerprint density at radius 2 is 2.04 bits per heavy atom. The average Bonchev–Trinajstić information content (AvgIpc) is 2.54. The lowest BCUT2D eigenvalue weighted by molar-refractivity contribution is 0.250. The van der Waals surface area contributed by atoms with E-state index in [1.807, 2.05) is 39.1 Å². The molecule has 2 aromatic rings. The van der Waals surface area contributed by atoms with Gasteiger partial charge in [-0.15, -0.1) is 0 Å². The maximum atomic E-state index is 11.5. The fraction of sp³-hybridized carbons (Fsp3) is 0.353. The van der Waals surface area contributed by atoms with Crippen molar-refractivity contribution in [1.82, 2.24) is 9.88 Å². The summed E-state index contributed by atoms with van der Waals surface area (Å²) in [5.74, 6) is 0. The number of aromatic nitrogens is 1. The van der Waals surface area contributed by atoms with Crippen molar-refractivity contribution in [2.45, 2.75) is 31.3 Å². The van der Waals surface area contributed by atoms with E-state index in [9.17, 15) is 8.42 Å². The molecular weight excluding hydrogens is 324 g/mol. The fourth-order valence-electron chi connectivity index (χ4n) is 2.48. The zero-order valence-electron chi connectivity index (χ0n) is 14.2. The Bertz CT molecular complexity index is 793. The molecule has 1 unspecified atom stereocenters. The summed E-state index contributed by atoms with van der Waals surface area (Å²) in [7, 11) is -1.71. The van der Waals surface area contributed by atoms with Gasteiger partial charge in [0.15, 0.2) is 0 Å². The van der Waals surface area contributed by atoms with E-state index in [0.717, 1.165) is 23.5 Å². The van der Waals surface area contributed by atoms with E-state index in [0.29, 0.717) is 6.54 Å². The van der Waals surface area contributed by atoms with Gasteiger partial charge in [0, 0.05) is 31.0 Å². The molecule has 0 aliphatic heterocycles. The molecule has 0 saturated heterocycles. The number of benzene rings is 1. The van der Waals surface area contributed by atoms with Crippen LogP contribution in [0.1, 0.15) is 31.1 Å². The quantitative estimate of drug-likeness (QED) is 0.802. The van der Waals surface area contributed by atoms with Gasteiger partial charge in [-0.05, 0) is 50.7 Å². The summed E-state index contributed by atoms with van der Waals surface area (Å²) in [6, 6.07) is 10.7. The molecule has 2 rings (SSSR count). The Kier molecular flexibility index (Phi) is 5.93. The van der Waals surface area contributed by atoms with Crippen LogP contribution >= 0.6 is 0 Å². The molecule has 1 atom stereocenters. The van der Waals surface area contributed by atoms with Crippen molar-refractivity contribution in [2.75, 3.05) is 18.9 Å². The highest BCUT2D eigenvalue weighted by atomic mass is 32.2. The van der Waals surface area contributed by atoms with E-state index >= 15 is 0 Å². The van der Waals surface area contributed by atoms with Crippen LogP contribution in [-0.2, 0) is 16.6 Å². The maximum Gasteiger partial charge on any atom is 0.238 e. The van der Waals surface area contributed by atoms with Crippen LogP contribution in [-0.4, -0.2) is 31.9 Å². The van der Waals surface area contributed by atoms with E-state index in [1.54, 1.807) is 18.3 Å². The van der Waals surface area contributed by atoms with Crippen molar-refractivity contribution in [1.29, 1.82) is 0 Å². The molecule has 0 aliphatic carbocycles. The van der Waals surface area contributed by atoms with Crippen molar-refractivity contribution in [2.24, 2.45) is 5.14 Å². The molecule has 0 saturated carbocycles. The van der Waals surface area contributed by atoms with Crippen LogP contribution in [0.2, 0.25) is 0 Å². The Labute approximate surface area is 143 Å². The molecule has 0 bridgehead atoms.